The normalized spacial score (nSPS) is 9.43. The SMILES string of the molecule is C=CCOc1ccc(C(=O)O)[nH]c1=O. The summed E-state index contributed by atoms with van der Waals surface area (Å²) in [5.74, 6) is -1.10. The number of pyridine rings is 1. The van der Waals surface area contributed by atoms with Crippen molar-refractivity contribution >= 4 is 5.97 Å². The first-order valence-electron chi connectivity index (χ1n) is 3.85. The van der Waals surface area contributed by atoms with Crippen LogP contribution in [0.2, 0.25) is 0 Å². The molecule has 5 heteroatoms. The minimum atomic E-state index is -1.18. The number of H-pyrrole nitrogens is 1. The molecule has 14 heavy (non-hydrogen) atoms. The molecule has 1 aromatic heterocycles. The molecule has 2 N–H and O–H groups in total. The van der Waals surface area contributed by atoms with Crippen LogP contribution in [0.1, 0.15) is 10.5 Å². The van der Waals surface area contributed by atoms with Gasteiger partial charge in [0.15, 0.2) is 5.75 Å². The lowest BCUT2D eigenvalue weighted by Crippen LogP contribution is -2.15. The molecule has 0 saturated heterocycles. The fourth-order valence-electron chi connectivity index (χ4n) is 0.847. The van der Waals surface area contributed by atoms with Crippen molar-refractivity contribution in [1.29, 1.82) is 0 Å². The molecule has 5 nitrogen and oxygen atoms in total. The minimum absolute atomic E-state index is 0.0786. The molecule has 1 rings (SSSR count). The molecule has 0 unspecified atom stereocenters. The first-order valence-corrected chi connectivity index (χ1v) is 3.85. The minimum Gasteiger partial charge on any atom is -0.484 e. The molecule has 0 amide bonds. The van der Waals surface area contributed by atoms with Crippen molar-refractivity contribution in [2.45, 2.75) is 0 Å². The third-order valence-electron chi connectivity index (χ3n) is 1.46. The molecule has 0 aromatic carbocycles. The topological polar surface area (TPSA) is 79.4 Å². The highest BCUT2D eigenvalue weighted by molar-refractivity contribution is 5.85. The number of aromatic nitrogens is 1. The van der Waals surface area contributed by atoms with Crippen molar-refractivity contribution in [1.82, 2.24) is 4.98 Å². The van der Waals surface area contributed by atoms with Crippen LogP contribution >= 0.6 is 0 Å². The second-order valence-electron chi connectivity index (χ2n) is 2.47. The highest BCUT2D eigenvalue weighted by Gasteiger charge is 2.06. The maximum Gasteiger partial charge on any atom is 0.352 e. The third-order valence-corrected chi connectivity index (χ3v) is 1.46. The molecule has 0 aliphatic heterocycles. The van der Waals surface area contributed by atoms with Crippen LogP contribution in [0.25, 0.3) is 0 Å². The second kappa shape index (κ2) is 4.27. The standard InChI is InChI=1S/C9H9NO4/c1-2-5-14-7-4-3-6(9(12)13)10-8(7)11/h2-4H,1,5H2,(H,10,11)(H,12,13). The Morgan fingerprint density at radius 1 is 1.64 bits per heavy atom. The van der Waals surface area contributed by atoms with Gasteiger partial charge in [0.2, 0.25) is 0 Å². The maximum absolute atomic E-state index is 11.2. The van der Waals surface area contributed by atoms with Gasteiger partial charge in [-0.2, -0.15) is 0 Å². The van der Waals surface area contributed by atoms with E-state index in [1.54, 1.807) is 0 Å². The van der Waals surface area contributed by atoms with E-state index in [0.29, 0.717) is 0 Å². The molecule has 0 aliphatic carbocycles. The average molecular weight is 195 g/mol. The molecule has 0 atom stereocenters. The van der Waals surface area contributed by atoms with Gasteiger partial charge in [0.05, 0.1) is 0 Å². The molecular formula is C9H9NO4. The lowest BCUT2D eigenvalue weighted by atomic mass is 10.3. The smallest absolute Gasteiger partial charge is 0.352 e. The van der Waals surface area contributed by atoms with Crippen molar-refractivity contribution in [3.8, 4) is 5.75 Å². The third kappa shape index (κ3) is 2.22. The monoisotopic (exact) mass is 195 g/mol. The molecular weight excluding hydrogens is 186 g/mol. The lowest BCUT2D eigenvalue weighted by molar-refractivity contribution is 0.0690. The maximum atomic E-state index is 11.2. The fourth-order valence-corrected chi connectivity index (χ4v) is 0.847. The zero-order valence-corrected chi connectivity index (χ0v) is 7.32. The van der Waals surface area contributed by atoms with Gasteiger partial charge in [0.1, 0.15) is 12.3 Å². The quantitative estimate of drug-likeness (QED) is 0.691. The lowest BCUT2D eigenvalue weighted by Gasteiger charge is -2.01. The van der Waals surface area contributed by atoms with Gasteiger partial charge in [-0.3, -0.25) is 4.79 Å². The van der Waals surface area contributed by atoms with Gasteiger partial charge >= 0.3 is 5.97 Å². The van der Waals surface area contributed by atoms with E-state index in [1.165, 1.54) is 18.2 Å². The van der Waals surface area contributed by atoms with E-state index >= 15 is 0 Å². The number of rotatable bonds is 4. The molecule has 0 radical (unpaired) electrons. The van der Waals surface area contributed by atoms with E-state index in [1.807, 2.05) is 0 Å². The van der Waals surface area contributed by atoms with Gasteiger partial charge in [0, 0.05) is 0 Å². The Bertz CT molecular complexity index is 408. The summed E-state index contributed by atoms with van der Waals surface area (Å²) in [6, 6.07) is 2.58. The number of aromatic amines is 1. The highest BCUT2D eigenvalue weighted by atomic mass is 16.5. The molecule has 1 heterocycles. The van der Waals surface area contributed by atoms with E-state index in [9.17, 15) is 9.59 Å². The van der Waals surface area contributed by atoms with Crippen LogP contribution in [-0.4, -0.2) is 22.7 Å². The largest absolute Gasteiger partial charge is 0.484 e. The van der Waals surface area contributed by atoms with Crippen molar-refractivity contribution in [2.24, 2.45) is 0 Å². The van der Waals surface area contributed by atoms with Gasteiger partial charge < -0.3 is 14.8 Å². The number of carboxylic acids is 1. The summed E-state index contributed by atoms with van der Waals surface area (Å²) in [7, 11) is 0. The second-order valence-corrected chi connectivity index (χ2v) is 2.47. The first kappa shape index (κ1) is 10.0. The van der Waals surface area contributed by atoms with Crippen LogP contribution in [0.3, 0.4) is 0 Å². The predicted octanol–water partition coefficient (Wildman–Crippen LogP) is 0.638. The van der Waals surface area contributed by atoms with Crippen molar-refractivity contribution < 1.29 is 14.6 Å². The Morgan fingerprint density at radius 2 is 2.36 bits per heavy atom. The summed E-state index contributed by atoms with van der Waals surface area (Å²) in [5, 5.41) is 8.55. The van der Waals surface area contributed by atoms with Crippen molar-refractivity contribution in [3.05, 3.63) is 40.8 Å². The van der Waals surface area contributed by atoms with Crippen LogP contribution < -0.4 is 10.3 Å². The van der Waals surface area contributed by atoms with Gasteiger partial charge in [-0.15, -0.1) is 0 Å². The van der Waals surface area contributed by atoms with E-state index in [2.05, 4.69) is 11.6 Å². The van der Waals surface area contributed by atoms with Gasteiger partial charge in [-0.25, -0.2) is 4.79 Å². The summed E-state index contributed by atoms with van der Waals surface area (Å²) in [6.07, 6.45) is 1.49. The summed E-state index contributed by atoms with van der Waals surface area (Å²) in [4.78, 5) is 23.8. The van der Waals surface area contributed by atoms with Crippen LogP contribution in [0, 0.1) is 0 Å². The van der Waals surface area contributed by atoms with E-state index in [-0.39, 0.29) is 18.1 Å². The molecule has 0 saturated carbocycles. The first-order chi connectivity index (χ1) is 6.65. The van der Waals surface area contributed by atoms with Crippen molar-refractivity contribution in [2.75, 3.05) is 6.61 Å². The van der Waals surface area contributed by atoms with Crippen LogP contribution in [0.5, 0.6) is 5.75 Å². The summed E-state index contributed by atoms with van der Waals surface area (Å²) in [5.41, 5.74) is -0.729. The number of nitrogens with one attached hydrogen (secondary N) is 1. The van der Waals surface area contributed by atoms with E-state index < -0.39 is 11.5 Å². The van der Waals surface area contributed by atoms with Crippen molar-refractivity contribution in [3.63, 3.8) is 0 Å². The Labute approximate surface area is 79.7 Å². The van der Waals surface area contributed by atoms with Crippen LogP contribution in [-0.2, 0) is 0 Å². The van der Waals surface area contributed by atoms with Gasteiger partial charge in [-0.1, -0.05) is 12.7 Å². The Balaban J connectivity index is 2.95. The summed E-state index contributed by atoms with van der Waals surface area (Å²) >= 11 is 0. The molecule has 0 aliphatic rings. The number of hydrogen-bond acceptors (Lipinski definition) is 3. The summed E-state index contributed by atoms with van der Waals surface area (Å²) < 4.78 is 4.97. The number of hydrogen-bond donors (Lipinski definition) is 2. The van der Waals surface area contributed by atoms with Crippen LogP contribution in [0.4, 0.5) is 0 Å². The number of carboxylic acid groups (broad SMARTS) is 1. The predicted molar refractivity (Wildman–Crippen MR) is 49.7 cm³/mol. The fraction of sp³-hybridized carbons (Fsp3) is 0.111. The van der Waals surface area contributed by atoms with E-state index in [4.69, 9.17) is 9.84 Å². The molecule has 0 bridgehead atoms. The Hall–Kier alpha value is -2.04. The molecule has 74 valence electrons. The molecule has 0 fully saturated rings. The molecule has 1 aromatic rings. The van der Waals surface area contributed by atoms with Gasteiger partial charge in [-0.05, 0) is 12.1 Å². The Kier molecular flexibility index (Phi) is 3.06. The average Bonchev–Trinajstić information content (AvgIpc) is 2.15. The molecule has 0 spiro atoms. The number of aromatic carboxylic acids is 1. The number of carbonyl (C=O) groups is 1. The Morgan fingerprint density at radius 3 is 2.86 bits per heavy atom. The number of ether oxygens (including phenoxy) is 1. The van der Waals surface area contributed by atoms with Gasteiger partial charge in [0.25, 0.3) is 5.56 Å². The van der Waals surface area contributed by atoms with E-state index in [0.717, 1.165) is 0 Å². The highest BCUT2D eigenvalue weighted by Crippen LogP contribution is 2.02. The van der Waals surface area contributed by atoms with Crippen LogP contribution in [0.15, 0.2) is 29.6 Å². The summed E-state index contributed by atoms with van der Waals surface area (Å²) in [6.45, 7) is 3.62. The zero-order chi connectivity index (χ0) is 10.6. The zero-order valence-electron chi connectivity index (χ0n) is 7.32.